The first-order valence-electron chi connectivity index (χ1n) is 14.4. The normalized spacial score (nSPS) is 12.0. The van der Waals surface area contributed by atoms with E-state index in [2.05, 4.69) is 4.74 Å². The summed E-state index contributed by atoms with van der Waals surface area (Å²) in [4.78, 5) is 54.8. The Balaban J connectivity index is 0.00000274. The zero-order chi connectivity index (χ0) is 29.5. The highest BCUT2D eigenvalue weighted by Crippen LogP contribution is 2.23. The van der Waals surface area contributed by atoms with E-state index in [1.54, 1.807) is 24.3 Å². The monoisotopic (exact) mass is 551 g/mol. The van der Waals surface area contributed by atoms with Gasteiger partial charge in [0.1, 0.15) is 0 Å². The Kier molecular flexibility index (Phi) is 13.9. The van der Waals surface area contributed by atoms with Crippen LogP contribution in [-0.2, 0) is 20.9 Å². The summed E-state index contributed by atoms with van der Waals surface area (Å²) in [5, 5.41) is 0. The molecule has 0 radical (unpaired) electrons. The van der Waals surface area contributed by atoms with Crippen LogP contribution in [0.15, 0.2) is 48.5 Å². The van der Waals surface area contributed by atoms with Crippen molar-refractivity contribution in [3.8, 4) is 0 Å². The van der Waals surface area contributed by atoms with Crippen LogP contribution in [-0.4, -0.2) is 67.8 Å². The predicted molar refractivity (Wildman–Crippen MR) is 158 cm³/mol. The smallest absolute Gasteiger partial charge is 0.305 e. The van der Waals surface area contributed by atoms with Crippen molar-refractivity contribution in [3.63, 3.8) is 0 Å². The number of fused-ring (bicyclic) bond motifs is 1. The van der Waals surface area contributed by atoms with Crippen LogP contribution in [0.25, 0.3) is 0 Å². The van der Waals surface area contributed by atoms with Gasteiger partial charge in [-0.2, -0.15) is 0 Å². The van der Waals surface area contributed by atoms with Crippen LogP contribution in [0, 0.1) is 0 Å². The van der Waals surface area contributed by atoms with Gasteiger partial charge in [0.2, 0.25) is 5.91 Å². The number of methoxy groups -OCH3 is 1. The van der Waals surface area contributed by atoms with Crippen LogP contribution in [0.4, 0.5) is 5.69 Å². The van der Waals surface area contributed by atoms with E-state index in [4.69, 9.17) is 0 Å². The first kappa shape index (κ1) is 32.5. The van der Waals surface area contributed by atoms with Crippen molar-refractivity contribution in [2.75, 3.05) is 39.2 Å². The molecule has 0 spiro atoms. The maximum atomic E-state index is 13.1. The Morgan fingerprint density at radius 3 is 1.90 bits per heavy atom. The zero-order valence-electron chi connectivity index (χ0n) is 24.8. The predicted octanol–water partition coefficient (Wildman–Crippen LogP) is 5.70. The first-order chi connectivity index (χ1) is 19.3. The number of esters is 1. The summed E-state index contributed by atoms with van der Waals surface area (Å²) in [5.41, 5.74) is 3.08. The van der Waals surface area contributed by atoms with Crippen molar-refractivity contribution in [2.45, 2.75) is 71.8 Å². The quantitative estimate of drug-likeness (QED) is 0.160. The molecule has 1 aliphatic rings. The molecule has 0 fully saturated rings. The minimum Gasteiger partial charge on any atom is -0.469 e. The molecule has 2 aromatic carbocycles. The van der Waals surface area contributed by atoms with Gasteiger partial charge in [0.05, 0.1) is 18.2 Å². The number of hydrogen-bond donors (Lipinski definition) is 0. The molecule has 0 saturated heterocycles. The number of benzene rings is 2. The topological polar surface area (TPSA) is 87.2 Å². The molecule has 0 aliphatic carbocycles. The van der Waals surface area contributed by atoms with Gasteiger partial charge in [0, 0.05) is 52.3 Å². The lowest BCUT2D eigenvalue weighted by Gasteiger charge is -2.24. The molecule has 0 saturated carbocycles. The molecule has 3 amide bonds. The number of ether oxygens (including phenoxy) is 1. The van der Waals surface area contributed by atoms with Gasteiger partial charge in [-0.3, -0.25) is 24.1 Å². The number of amides is 3. The fourth-order valence-electron chi connectivity index (χ4n) is 4.59. The maximum absolute atomic E-state index is 13.1. The summed E-state index contributed by atoms with van der Waals surface area (Å²) in [5.74, 6) is -0.595. The Morgan fingerprint density at radius 2 is 1.35 bits per heavy atom. The number of hydrogen-bond acceptors (Lipinski definition) is 6. The van der Waals surface area contributed by atoms with Crippen molar-refractivity contribution in [1.29, 1.82) is 0 Å². The molecule has 3 rings (SSSR count). The Hall–Kier alpha value is -3.68. The molecule has 0 unspecified atom stereocenters. The number of carbonyl (C=O) groups is 4. The van der Waals surface area contributed by atoms with Gasteiger partial charge in [0.15, 0.2) is 0 Å². The Labute approximate surface area is 239 Å². The molecule has 1 aliphatic heterocycles. The second-order valence-electron chi connectivity index (χ2n) is 9.88. The summed E-state index contributed by atoms with van der Waals surface area (Å²) in [6, 6.07) is 15.1. The minimum atomic E-state index is -0.244. The zero-order valence-corrected chi connectivity index (χ0v) is 24.8. The lowest BCUT2D eigenvalue weighted by atomic mass is 10.1. The van der Waals surface area contributed by atoms with E-state index in [0.29, 0.717) is 56.4 Å². The van der Waals surface area contributed by atoms with Gasteiger partial charge in [0.25, 0.3) is 11.8 Å². The maximum Gasteiger partial charge on any atom is 0.305 e. The average Bonchev–Trinajstić information content (AvgIpc) is 3.22. The van der Waals surface area contributed by atoms with E-state index in [-0.39, 0.29) is 23.7 Å². The van der Waals surface area contributed by atoms with Crippen LogP contribution < -0.4 is 4.90 Å². The number of rotatable bonds is 15. The van der Waals surface area contributed by atoms with Crippen LogP contribution in [0.2, 0.25) is 0 Å². The van der Waals surface area contributed by atoms with Crippen molar-refractivity contribution < 1.29 is 23.9 Å². The van der Waals surface area contributed by atoms with Crippen molar-refractivity contribution in [2.24, 2.45) is 0 Å². The molecular weight excluding hydrogens is 506 g/mol. The number of carbonyl (C=O) groups excluding carboxylic acids is 4. The van der Waals surface area contributed by atoms with Crippen LogP contribution in [0.5, 0.6) is 0 Å². The lowest BCUT2D eigenvalue weighted by molar-refractivity contribution is -0.140. The Morgan fingerprint density at radius 1 is 0.775 bits per heavy atom. The van der Waals surface area contributed by atoms with Crippen LogP contribution >= 0.6 is 0 Å². The molecule has 0 bridgehead atoms. The number of unbranched alkanes of at least 4 members (excludes halogenated alkanes) is 4. The lowest BCUT2D eigenvalue weighted by Crippen LogP contribution is -2.33. The largest absolute Gasteiger partial charge is 0.469 e. The molecule has 0 atom stereocenters. The molecular formula is C32H45N3O5. The molecule has 40 heavy (non-hydrogen) atoms. The molecule has 2 aromatic rings. The third-order valence-electron chi connectivity index (χ3n) is 6.87. The van der Waals surface area contributed by atoms with Crippen LogP contribution in [0.3, 0.4) is 0 Å². The molecule has 8 nitrogen and oxygen atoms in total. The average molecular weight is 552 g/mol. The first-order valence-corrected chi connectivity index (χ1v) is 14.4. The number of imide groups is 1. The second kappa shape index (κ2) is 17.1. The highest BCUT2D eigenvalue weighted by Gasteiger charge is 2.34. The van der Waals surface area contributed by atoms with E-state index in [0.717, 1.165) is 36.9 Å². The standard InChI is InChI=1S/C30H39N3O5.C2H6/c1-31(2)24-18-16-23(17-19-24)22-32(27(34)14-6-4-5-7-15-28(35)38-3)20-10-11-21-33-29(36)25-12-8-9-13-26(25)30(33)37;1-2/h8-9,12-13,16-19H,4-7,10-11,14-15,20-22H2,1-3H3;1-2H3. The van der Waals surface area contributed by atoms with Gasteiger partial charge in [-0.25, -0.2) is 0 Å². The van der Waals surface area contributed by atoms with Gasteiger partial charge >= 0.3 is 5.97 Å². The summed E-state index contributed by atoms with van der Waals surface area (Å²) in [6.07, 6.45) is 5.48. The third kappa shape index (κ3) is 9.50. The molecule has 8 heteroatoms. The van der Waals surface area contributed by atoms with E-state index in [1.807, 2.05) is 62.0 Å². The van der Waals surface area contributed by atoms with Crippen molar-refractivity contribution in [1.82, 2.24) is 9.80 Å². The van der Waals surface area contributed by atoms with Crippen LogP contribution in [0.1, 0.15) is 91.5 Å². The van der Waals surface area contributed by atoms with E-state index in [9.17, 15) is 19.2 Å². The number of nitrogens with zero attached hydrogens (tertiary/aromatic N) is 3. The fraction of sp³-hybridized carbons (Fsp3) is 0.500. The molecule has 1 heterocycles. The highest BCUT2D eigenvalue weighted by molar-refractivity contribution is 6.21. The Bertz CT molecular complexity index is 1080. The van der Waals surface area contributed by atoms with Gasteiger partial charge in [-0.15, -0.1) is 0 Å². The summed E-state index contributed by atoms with van der Waals surface area (Å²) < 4.78 is 4.67. The summed E-state index contributed by atoms with van der Waals surface area (Å²) in [6.45, 7) is 5.41. The van der Waals surface area contributed by atoms with E-state index in [1.165, 1.54) is 12.0 Å². The molecule has 218 valence electrons. The van der Waals surface area contributed by atoms with Crippen molar-refractivity contribution >= 4 is 29.4 Å². The molecule has 0 N–H and O–H groups in total. The van der Waals surface area contributed by atoms with E-state index < -0.39 is 0 Å². The third-order valence-corrected chi connectivity index (χ3v) is 6.87. The highest BCUT2D eigenvalue weighted by atomic mass is 16.5. The second-order valence-corrected chi connectivity index (χ2v) is 9.88. The SMILES string of the molecule is CC.COC(=O)CCCCCCC(=O)N(CCCCN1C(=O)c2ccccc2C1=O)Cc1ccc(N(C)C)cc1. The summed E-state index contributed by atoms with van der Waals surface area (Å²) in [7, 11) is 5.37. The van der Waals surface area contributed by atoms with Gasteiger partial charge in [-0.1, -0.05) is 51.0 Å². The minimum absolute atomic E-state index is 0.0929. The van der Waals surface area contributed by atoms with Gasteiger partial charge < -0.3 is 14.5 Å². The van der Waals surface area contributed by atoms with Crippen molar-refractivity contribution in [3.05, 3.63) is 65.2 Å². The van der Waals surface area contributed by atoms with Gasteiger partial charge in [-0.05, 0) is 55.5 Å². The number of anilines is 1. The summed E-state index contributed by atoms with van der Waals surface area (Å²) >= 11 is 0. The fourth-order valence-corrected chi connectivity index (χ4v) is 4.59. The molecule has 0 aromatic heterocycles. The van der Waals surface area contributed by atoms with E-state index >= 15 is 0 Å².